The van der Waals surface area contributed by atoms with E-state index in [9.17, 15) is 13.2 Å². The smallest absolute Gasteiger partial charge is 0.123 e. The first-order valence-electron chi connectivity index (χ1n) is 20.9. The largest absolute Gasteiger partial charge is 0.493 e. The third kappa shape index (κ3) is 7.08. The SMILES string of the molecule is CCC1(COc2ccc(C3(c4ccc(F)cc4)c4ccccc4-c4ccc(N(c5ccc(F)cc5)c5ccc(-c6ccc(Nc7ccc(F)cc7)cc6)cc5)cc43)cc2)COC1. The Balaban J connectivity index is 1.06. The average Bonchev–Trinajstić information content (AvgIpc) is 3.59. The number of benzene rings is 8. The van der Waals surface area contributed by atoms with Crippen molar-refractivity contribution in [3.63, 3.8) is 0 Å². The molecule has 1 atom stereocenters. The molecule has 8 aromatic rings. The van der Waals surface area contributed by atoms with Crippen molar-refractivity contribution < 1.29 is 22.6 Å². The molecule has 1 fully saturated rings. The Kier molecular flexibility index (Phi) is 10.1. The molecule has 1 N–H and O–H groups in total. The van der Waals surface area contributed by atoms with Crippen LogP contribution in [0.15, 0.2) is 188 Å². The van der Waals surface area contributed by atoms with Crippen LogP contribution in [-0.2, 0) is 10.2 Å². The summed E-state index contributed by atoms with van der Waals surface area (Å²) in [5.74, 6) is -0.118. The van der Waals surface area contributed by atoms with Gasteiger partial charge in [0.05, 0.1) is 30.7 Å². The van der Waals surface area contributed by atoms with Crippen LogP contribution in [0.3, 0.4) is 0 Å². The van der Waals surface area contributed by atoms with Gasteiger partial charge in [-0.15, -0.1) is 0 Å². The molecule has 62 heavy (non-hydrogen) atoms. The Morgan fingerprint density at radius 3 is 1.60 bits per heavy atom. The maximum Gasteiger partial charge on any atom is 0.123 e. The fourth-order valence-electron chi connectivity index (χ4n) is 9.00. The molecule has 0 bridgehead atoms. The van der Waals surface area contributed by atoms with Gasteiger partial charge in [-0.25, -0.2) is 13.2 Å². The van der Waals surface area contributed by atoms with E-state index in [1.165, 1.54) is 36.4 Å². The summed E-state index contributed by atoms with van der Waals surface area (Å²) in [4.78, 5) is 2.14. The van der Waals surface area contributed by atoms with Crippen molar-refractivity contribution in [3.8, 4) is 28.0 Å². The highest BCUT2D eigenvalue weighted by Crippen LogP contribution is 2.57. The third-order valence-electron chi connectivity index (χ3n) is 12.5. The van der Waals surface area contributed by atoms with Crippen molar-refractivity contribution in [3.05, 3.63) is 228 Å². The number of hydrogen-bond acceptors (Lipinski definition) is 4. The average molecular weight is 821 g/mol. The molecule has 7 heteroatoms. The fraction of sp³-hybridized carbons (Fsp3) is 0.127. The second-order valence-electron chi connectivity index (χ2n) is 16.3. The summed E-state index contributed by atoms with van der Waals surface area (Å²) in [5.41, 5.74) is 11.8. The van der Waals surface area contributed by atoms with Crippen LogP contribution in [-0.4, -0.2) is 19.8 Å². The van der Waals surface area contributed by atoms with Gasteiger partial charge in [0.2, 0.25) is 0 Å². The summed E-state index contributed by atoms with van der Waals surface area (Å²) in [6.45, 7) is 4.17. The van der Waals surface area contributed by atoms with E-state index in [1.54, 1.807) is 24.3 Å². The third-order valence-corrected chi connectivity index (χ3v) is 12.5. The number of anilines is 5. The van der Waals surface area contributed by atoms with Crippen LogP contribution in [0.5, 0.6) is 5.75 Å². The van der Waals surface area contributed by atoms with E-state index >= 15 is 0 Å². The van der Waals surface area contributed by atoms with Crippen molar-refractivity contribution in [2.75, 3.05) is 30.0 Å². The van der Waals surface area contributed by atoms with Gasteiger partial charge in [0.1, 0.15) is 23.2 Å². The van der Waals surface area contributed by atoms with Crippen molar-refractivity contribution >= 4 is 28.4 Å². The molecule has 0 aromatic heterocycles. The molecule has 10 rings (SSSR count). The van der Waals surface area contributed by atoms with Gasteiger partial charge < -0.3 is 19.7 Å². The second-order valence-corrected chi connectivity index (χ2v) is 16.3. The lowest BCUT2D eigenvalue weighted by atomic mass is 9.67. The second kappa shape index (κ2) is 16.1. The van der Waals surface area contributed by atoms with Crippen LogP contribution in [0.25, 0.3) is 22.3 Å². The summed E-state index contributed by atoms with van der Waals surface area (Å²) in [7, 11) is 0. The number of hydrogen-bond donors (Lipinski definition) is 1. The number of nitrogens with one attached hydrogen (secondary N) is 1. The Morgan fingerprint density at radius 1 is 0.532 bits per heavy atom. The zero-order chi connectivity index (χ0) is 42.3. The maximum atomic E-state index is 14.7. The van der Waals surface area contributed by atoms with E-state index < -0.39 is 5.41 Å². The molecule has 0 amide bonds. The zero-order valence-corrected chi connectivity index (χ0v) is 34.1. The van der Waals surface area contributed by atoms with Crippen LogP contribution < -0.4 is 15.0 Å². The van der Waals surface area contributed by atoms with Crippen LogP contribution in [0, 0.1) is 22.9 Å². The molecular formula is C55H43F3N2O2. The van der Waals surface area contributed by atoms with Gasteiger partial charge >= 0.3 is 0 Å². The van der Waals surface area contributed by atoms with E-state index in [0.29, 0.717) is 19.8 Å². The first kappa shape index (κ1) is 39.1. The molecule has 4 nitrogen and oxygen atoms in total. The lowest BCUT2D eigenvalue weighted by Crippen LogP contribution is -2.46. The normalized spacial score (nSPS) is 15.9. The number of ether oxygens (including phenoxy) is 2. The minimum atomic E-state index is -0.809. The number of nitrogens with zero attached hydrogens (tertiary/aromatic N) is 1. The molecule has 1 unspecified atom stereocenters. The number of fused-ring (bicyclic) bond motifs is 3. The van der Waals surface area contributed by atoms with Gasteiger partial charge in [-0.2, -0.15) is 0 Å². The first-order valence-corrected chi connectivity index (χ1v) is 20.9. The summed E-state index contributed by atoms with van der Waals surface area (Å²) in [6.07, 6.45) is 0.987. The van der Waals surface area contributed by atoms with Crippen LogP contribution in [0.2, 0.25) is 0 Å². The molecule has 1 heterocycles. The molecular weight excluding hydrogens is 778 g/mol. The van der Waals surface area contributed by atoms with E-state index in [2.05, 4.69) is 108 Å². The van der Waals surface area contributed by atoms with Gasteiger partial charge in [-0.05, 0) is 160 Å². The summed E-state index contributed by atoms with van der Waals surface area (Å²) in [6, 6.07) is 59.4. The van der Waals surface area contributed by atoms with Gasteiger partial charge in [0.15, 0.2) is 0 Å². The Bertz CT molecular complexity index is 2840. The van der Waals surface area contributed by atoms with E-state index in [-0.39, 0.29) is 22.9 Å². The topological polar surface area (TPSA) is 33.7 Å². The van der Waals surface area contributed by atoms with Gasteiger partial charge in [-0.3, -0.25) is 0 Å². The molecule has 0 spiro atoms. The quantitative estimate of drug-likeness (QED) is 0.133. The molecule has 1 aliphatic heterocycles. The Morgan fingerprint density at radius 2 is 1.02 bits per heavy atom. The predicted molar refractivity (Wildman–Crippen MR) is 243 cm³/mol. The molecule has 0 saturated carbocycles. The predicted octanol–water partition coefficient (Wildman–Crippen LogP) is 14.2. The molecule has 8 aromatic carbocycles. The van der Waals surface area contributed by atoms with Gasteiger partial charge in [0.25, 0.3) is 0 Å². The lowest BCUT2D eigenvalue weighted by molar-refractivity contribution is -0.133. The lowest BCUT2D eigenvalue weighted by Gasteiger charge is -2.40. The molecule has 1 aliphatic carbocycles. The molecule has 2 aliphatic rings. The zero-order valence-electron chi connectivity index (χ0n) is 34.1. The summed E-state index contributed by atoms with van der Waals surface area (Å²) >= 11 is 0. The van der Waals surface area contributed by atoms with Crippen molar-refractivity contribution in [2.24, 2.45) is 5.41 Å². The molecule has 0 radical (unpaired) electrons. The highest BCUT2D eigenvalue weighted by atomic mass is 19.1. The van der Waals surface area contributed by atoms with Crippen molar-refractivity contribution in [2.45, 2.75) is 18.8 Å². The Labute approximate surface area is 359 Å². The maximum absolute atomic E-state index is 14.7. The van der Waals surface area contributed by atoms with Crippen LogP contribution >= 0.6 is 0 Å². The van der Waals surface area contributed by atoms with Crippen LogP contribution in [0.4, 0.5) is 41.6 Å². The summed E-state index contributed by atoms with van der Waals surface area (Å²) < 4.78 is 54.6. The molecule has 306 valence electrons. The van der Waals surface area contributed by atoms with Crippen molar-refractivity contribution in [1.29, 1.82) is 0 Å². The van der Waals surface area contributed by atoms with Gasteiger partial charge in [0, 0.05) is 28.4 Å². The van der Waals surface area contributed by atoms with E-state index in [0.717, 1.165) is 85.1 Å². The highest BCUT2D eigenvalue weighted by Gasteiger charge is 2.46. The minimum absolute atomic E-state index is 0.0426. The van der Waals surface area contributed by atoms with E-state index in [4.69, 9.17) is 9.47 Å². The number of halogens is 3. The van der Waals surface area contributed by atoms with E-state index in [1.807, 2.05) is 36.4 Å². The Hall–Kier alpha value is -7.09. The number of rotatable bonds is 12. The minimum Gasteiger partial charge on any atom is -0.493 e. The summed E-state index contributed by atoms with van der Waals surface area (Å²) in [5, 5.41) is 3.32. The van der Waals surface area contributed by atoms with Crippen molar-refractivity contribution in [1.82, 2.24) is 0 Å². The molecule has 1 saturated heterocycles. The fourth-order valence-corrected chi connectivity index (χ4v) is 9.00. The standard InChI is InChI=1S/C55H43F3N2O2/c1-2-54(34-61-35-54)36-62-49-30-13-40(14-31-49)55(39-11-15-41(56)16-12-39)52-6-4-3-5-50(52)51-32-29-48(33-53(51)55)60(47-27-19-43(58)20-28-47)46-25-9-38(10-26-46)37-7-21-44(22-8-37)59-45-23-17-42(57)18-24-45/h3-33,59H,2,34-36H2,1H3. The van der Waals surface area contributed by atoms with Gasteiger partial charge in [-0.1, -0.05) is 85.8 Å². The van der Waals surface area contributed by atoms with Crippen LogP contribution in [0.1, 0.15) is 35.6 Å². The highest BCUT2D eigenvalue weighted by molar-refractivity contribution is 5.89. The first-order chi connectivity index (χ1) is 30.3. The monoisotopic (exact) mass is 820 g/mol.